The fourth-order valence-electron chi connectivity index (χ4n) is 0.856. The van der Waals surface area contributed by atoms with Crippen molar-refractivity contribution in [2.45, 2.75) is 38.9 Å². The number of hydrogen-bond donors (Lipinski definition) is 2. The van der Waals surface area contributed by atoms with Gasteiger partial charge in [0, 0.05) is 12.6 Å². The zero-order valence-electron chi connectivity index (χ0n) is 11.7. The standard InChI is InChI=1S/C12H23NO4Si/c1-12(2,3)18(4,5)17-11(16)7-6-8-13-9-10(14)15/h6-7,13H,8-9H2,1-5H3,(H,14,15). The third-order valence-electron chi connectivity index (χ3n) is 2.95. The van der Waals surface area contributed by atoms with E-state index in [-0.39, 0.29) is 17.6 Å². The minimum atomic E-state index is -2.07. The molecule has 5 nitrogen and oxygen atoms in total. The summed E-state index contributed by atoms with van der Waals surface area (Å²) in [6.07, 6.45) is 2.91. The topological polar surface area (TPSA) is 75.6 Å². The predicted octanol–water partition coefficient (Wildman–Crippen LogP) is 1.77. The second kappa shape index (κ2) is 6.70. The molecule has 0 saturated carbocycles. The minimum Gasteiger partial charge on any atom is -0.516 e. The van der Waals surface area contributed by atoms with Gasteiger partial charge in [0.2, 0.25) is 0 Å². The van der Waals surface area contributed by atoms with Crippen LogP contribution in [0.25, 0.3) is 0 Å². The first-order valence-electron chi connectivity index (χ1n) is 5.88. The normalized spacial score (nSPS) is 12.7. The molecular formula is C12H23NO4Si. The minimum absolute atomic E-state index is 0.0158. The molecule has 0 fully saturated rings. The van der Waals surface area contributed by atoms with Crippen molar-refractivity contribution < 1.29 is 19.1 Å². The number of aliphatic carboxylic acids is 1. The molecule has 0 aromatic carbocycles. The lowest BCUT2D eigenvalue weighted by atomic mass is 10.2. The maximum Gasteiger partial charge on any atom is 0.317 e. The number of nitrogens with one attached hydrogen (secondary N) is 1. The van der Waals surface area contributed by atoms with Crippen molar-refractivity contribution >= 4 is 20.3 Å². The molecule has 0 bridgehead atoms. The second-order valence-corrected chi connectivity index (χ2v) is 10.3. The van der Waals surface area contributed by atoms with E-state index in [1.54, 1.807) is 6.08 Å². The van der Waals surface area contributed by atoms with Gasteiger partial charge in [-0.1, -0.05) is 26.8 Å². The van der Waals surface area contributed by atoms with Crippen molar-refractivity contribution in [3.05, 3.63) is 12.2 Å². The lowest BCUT2D eigenvalue weighted by Gasteiger charge is -2.34. The molecular weight excluding hydrogens is 250 g/mol. The molecule has 0 aromatic rings. The van der Waals surface area contributed by atoms with Gasteiger partial charge in [-0.2, -0.15) is 0 Å². The molecule has 0 heterocycles. The van der Waals surface area contributed by atoms with E-state index < -0.39 is 14.3 Å². The van der Waals surface area contributed by atoms with Gasteiger partial charge in [0.05, 0.1) is 6.54 Å². The maximum atomic E-state index is 11.6. The summed E-state index contributed by atoms with van der Waals surface area (Å²) in [4.78, 5) is 21.8. The molecule has 0 radical (unpaired) electrons. The number of carbonyl (C=O) groups is 2. The molecule has 0 atom stereocenters. The fraction of sp³-hybridized carbons (Fsp3) is 0.667. The van der Waals surface area contributed by atoms with Gasteiger partial charge in [-0.3, -0.25) is 4.79 Å². The lowest BCUT2D eigenvalue weighted by Crippen LogP contribution is -2.42. The Hall–Kier alpha value is -1.14. The zero-order valence-corrected chi connectivity index (χ0v) is 12.7. The van der Waals surface area contributed by atoms with Crippen LogP contribution in [-0.4, -0.2) is 38.5 Å². The van der Waals surface area contributed by atoms with Gasteiger partial charge in [0.15, 0.2) is 0 Å². The van der Waals surface area contributed by atoms with Crippen molar-refractivity contribution in [2.24, 2.45) is 0 Å². The van der Waals surface area contributed by atoms with Gasteiger partial charge in [-0.25, -0.2) is 4.79 Å². The molecule has 0 aliphatic heterocycles. The Balaban J connectivity index is 4.12. The number of rotatable bonds is 6. The van der Waals surface area contributed by atoms with Gasteiger partial charge in [0.1, 0.15) is 0 Å². The maximum absolute atomic E-state index is 11.6. The highest BCUT2D eigenvalue weighted by Gasteiger charge is 2.39. The van der Waals surface area contributed by atoms with Crippen LogP contribution >= 0.6 is 0 Å². The van der Waals surface area contributed by atoms with Gasteiger partial charge < -0.3 is 14.8 Å². The Morgan fingerprint density at radius 3 is 2.33 bits per heavy atom. The van der Waals surface area contributed by atoms with E-state index in [0.29, 0.717) is 6.54 Å². The Bertz CT molecular complexity index is 331. The van der Waals surface area contributed by atoms with E-state index in [1.165, 1.54) is 6.08 Å². The lowest BCUT2D eigenvalue weighted by molar-refractivity contribution is -0.136. The monoisotopic (exact) mass is 273 g/mol. The summed E-state index contributed by atoms with van der Waals surface area (Å²) < 4.78 is 5.50. The van der Waals surface area contributed by atoms with Gasteiger partial charge in [-0.15, -0.1) is 0 Å². The summed E-state index contributed by atoms with van der Waals surface area (Å²) in [5, 5.41) is 11.0. The molecule has 0 amide bonds. The number of carboxylic acid groups (broad SMARTS) is 1. The van der Waals surface area contributed by atoms with E-state index in [2.05, 4.69) is 26.1 Å². The van der Waals surface area contributed by atoms with Crippen molar-refractivity contribution in [3.8, 4) is 0 Å². The van der Waals surface area contributed by atoms with E-state index >= 15 is 0 Å². The number of carbonyl (C=O) groups excluding carboxylic acids is 1. The molecule has 0 saturated heterocycles. The van der Waals surface area contributed by atoms with E-state index in [4.69, 9.17) is 9.53 Å². The summed E-state index contributed by atoms with van der Waals surface area (Å²) in [5.41, 5.74) is 0. The van der Waals surface area contributed by atoms with Crippen LogP contribution in [0.4, 0.5) is 0 Å². The van der Waals surface area contributed by atoms with Gasteiger partial charge in [-0.05, 0) is 18.1 Å². The summed E-state index contributed by atoms with van der Waals surface area (Å²) >= 11 is 0. The first kappa shape index (κ1) is 16.9. The molecule has 0 aromatic heterocycles. The summed E-state index contributed by atoms with van der Waals surface area (Å²) in [7, 11) is -2.07. The Morgan fingerprint density at radius 2 is 1.89 bits per heavy atom. The van der Waals surface area contributed by atoms with Crippen LogP contribution in [0.15, 0.2) is 12.2 Å². The van der Waals surface area contributed by atoms with Crippen LogP contribution in [0.1, 0.15) is 20.8 Å². The molecule has 0 unspecified atom stereocenters. The molecule has 0 spiro atoms. The van der Waals surface area contributed by atoms with Crippen LogP contribution < -0.4 is 5.32 Å². The molecule has 6 heteroatoms. The fourth-order valence-corrected chi connectivity index (χ4v) is 1.73. The Labute approximate surface area is 109 Å². The van der Waals surface area contributed by atoms with E-state index in [1.807, 2.05) is 13.1 Å². The Kier molecular flexibility index (Phi) is 6.27. The second-order valence-electron chi connectivity index (χ2n) is 5.61. The van der Waals surface area contributed by atoms with Crippen LogP contribution in [-0.2, 0) is 14.0 Å². The summed E-state index contributed by atoms with van der Waals surface area (Å²) in [6, 6.07) is 0. The van der Waals surface area contributed by atoms with Crippen molar-refractivity contribution in [1.29, 1.82) is 0 Å². The highest BCUT2D eigenvalue weighted by atomic mass is 28.4. The van der Waals surface area contributed by atoms with Crippen LogP contribution in [0.5, 0.6) is 0 Å². The van der Waals surface area contributed by atoms with Crippen LogP contribution in [0, 0.1) is 0 Å². The average Bonchev–Trinajstić information content (AvgIpc) is 2.13. The Morgan fingerprint density at radius 1 is 1.33 bits per heavy atom. The molecule has 2 N–H and O–H groups in total. The largest absolute Gasteiger partial charge is 0.516 e. The number of hydrogen-bond acceptors (Lipinski definition) is 4. The first-order valence-corrected chi connectivity index (χ1v) is 8.79. The van der Waals surface area contributed by atoms with E-state index in [0.717, 1.165) is 0 Å². The third kappa shape index (κ3) is 6.56. The zero-order chi connectivity index (χ0) is 14.4. The molecule has 0 aliphatic rings. The van der Waals surface area contributed by atoms with E-state index in [9.17, 15) is 9.59 Å². The first-order chi connectivity index (χ1) is 8.06. The average molecular weight is 273 g/mol. The smallest absolute Gasteiger partial charge is 0.317 e. The summed E-state index contributed by atoms with van der Waals surface area (Å²) in [5.74, 6) is -1.29. The quantitative estimate of drug-likeness (QED) is 0.438. The van der Waals surface area contributed by atoms with Crippen LogP contribution in [0.3, 0.4) is 0 Å². The molecule has 18 heavy (non-hydrogen) atoms. The molecule has 0 rings (SSSR count). The van der Waals surface area contributed by atoms with Gasteiger partial charge in [0.25, 0.3) is 8.32 Å². The molecule has 0 aliphatic carbocycles. The van der Waals surface area contributed by atoms with Crippen molar-refractivity contribution in [3.63, 3.8) is 0 Å². The van der Waals surface area contributed by atoms with Gasteiger partial charge >= 0.3 is 11.9 Å². The highest BCUT2D eigenvalue weighted by Crippen LogP contribution is 2.36. The molecule has 104 valence electrons. The SMILES string of the molecule is CC(C)(C)[Si](C)(C)OC(=O)C=CCNCC(=O)O. The van der Waals surface area contributed by atoms with Crippen molar-refractivity contribution in [1.82, 2.24) is 5.32 Å². The van der Waals surface area contributed by atoms with Crippen LogP contribution in [0.2, 0.25) is 18.1 Å². The highest BCUT2D eigenvalue weighted by molar-refractivity contribution is 6.75. The third-order valence-corrected chi connectivity index (χ3v) is 7.28. The number of carboxylic acids is 1. The van der Waals surface area contributed by atoms with Crippen molar-refractivity contribution in [2.75, 3.05) is 13.1 Å². The summed E-state index contributed by atoms with van der Waals surface area (Å²) in [6.45, 7) is 10.4. The predicted molar refractivity (Wildman–Crippen MR) is 72.9 cm³/mol.